The van der Waals surface area contributed by atoms with Crippen LogP contribution >= 0.6 is 0 Å². The second kappa shape index (κ2) is 34.8. The fraction of sp³-hybridized carbons (Fsp3) is 0.950. The number of nitrogens with two attached hydrogens (primary N) is 2. The summed E-state index contributed by atoms with van der Waals surface area (Å²) < 4.78 is 0. The Bertz CT molecular complexity index is 556. The molecule has 2 amide bonds. The third-order valence-corrected chi connectivity index (χ3v) is 9.98. The minimum atomic E-state index is -0.203. The van der Waals surface area contributed by atoms with E-state index >= 15 is 0 Å². The summed E-state index contributed by atoms with van der Waals surface area (Å²) in [5, 5.41) is 0. The van der Waals surface area contributed by atoms with E-state index in [9.17, 15) is 9.59 Å². The zero-order valence-corrected chi connectivity index (χ0v) is 30.2. The SMILES string of the molecule is CCCCCCCCCCCCCCCCCC(CCC(CCCCCCCCCCCCCCCCC)C(N)=O)C(N)=O. The molecule has 0 bridgehead atoms. The third-order valence-electron chi connectivity index (χ3n) is 9.98. The molecule has 0 spiro atoms. The summed E-state index contributed by atoms with van der Waals surface area (Å²) in [5.74, 6) is -0.629. The molecule has 0 saturated heterocycles. The molecule has 0 saturated carbocycles. The first-order valence-corrected chi connectivity index (χ1v) is 20.1. The van der Waals surface area contributed by atoms with E-state index in [0.29, 0.717) is 12.8 Å². The highest BCUT2D eigenvalue weighted by atomic mass is 16.1. The first kappa shape index (κ1) is 42.9. The van der Waals surface area contributed by atoms with Crippen molar-refractivity contribution in [2.45, 2.75) is 232 Å². The Morgan fingerprint density at radius 3 is 0.682 bits per heavy atom. The van der Waals surface area contributed by atoms with Crippen molar-refractivity contribution >= 4 is 11.8 Å². The van der Waals surface area contributed by atoms with Crippen molar-refractivity contribution in [2.75, 3.05) is 0 Å². The van der Waals surface area contributed by atoms with Crippen LogP contribution in [0.2, 0.25) is 0 Å². The van der Waals surface area contributed by atoms with Gasteiger partial charge in [0.15, 0.2) is 0 Å². The van der Waals surface area contributed by atoms with Crippen LogP contribution in [0.25, 0.3) is 0 Å². The zero-order chi connectivity index (χ0) is 32.4. The summed E-state index contributed by atoms with van der Waals surface area (Å²) in [5.41, 5.74) is 11.5. The molecule has 0 radical (unpaired) electrons. The fourth-order valence-electron chi connectivity index (χ4n) is 6.78. The van der Waals surface area contributed by atoms with Crippen LogP contribution in [0.5, 0.6) is 0 Å². The van der Waals surface area contributed by atoms with Crippen molar-refractivity contribution in [3.63, 3.8) is 0 Å². The van der Waals surface area contributed by atoms with E-state index in [1.807, 2.05) is 0 Å². The van der Waals surface area contributed by atoms with Gasteiger partial charge in [-0.1, -0.05) is 206 Å². The highest BCUT2D eigenvalue weighted by Crippen LogP contribution is 2.23. The molecule has 0 heterocycles. The number of unbranched alkanes of at least 4 members (excludes halogenated alkanes) is 28. The molecule has 44 heavy (non-hydrogen) atoms. The Morgan fingerprint density at radius 1 is 0.318 bits per heavy atom. The quantitative estimate of drug-likeness (QED) is 0.0677. The molecular weight excluding hydrogens is 540 g/mol. The van der Waals surface area contributed by atoms with E-state index in [1.165, 1.54) is 180 Å². The number of carbonyl (C=O) groups excluding carboxylic acids is 2. The summed E-state index contributed by atoms with van der Waals surface area (Å²) in [6, 6.07) is 0. The molecule has 262 valence electrons. The number of carbonyl (C=O) groups is 2. The molecule has 0 aromatic rings. The minimum Gasteiger partial charge on any atom is -0.369 e. The van der Waals surface area contributed by atoms with Gasteiger partial charge in [0.05, 0.1) is 0 Å². The molecule has 4 heteroatoms. The predicted octanol–water partition coefficient (Wildman–Crippen LogP) is 12.5. The van der Waals surface area contributed by atoms with Gasteiger partial charge in [0.25, 0.3) is 0 Å². The maximum Gasteiger partial charge on any atom is 0.220 e. The van der Waals surface area contributed by atoms with Crippen LogP contribution in [0.3, 0.4) is 0 Å². The maximum absolute atomic E-state index is 12.1. The van der Waals surface area contributed by atoms with E-state index < -0.39 is 0 Å². The zero-order valence-electron chi connectivity index (χ0n) is 30.2. The molecule has 4 N–H and O–H groups in total. The molecule has 4 nitrogen and oxygen atoms in total. The van der Waals surface area contributed by atoms with E-state index in [-0.39, 0.29) is 23.7 Å². The number of primary amides is 2. The first-order valence-electron chi connectivity index (χ1n) is 20.1. The number of rotatable bonds is 37. The summed E-state index contributed by atoms with van der Waals surface area (Å²) >= 11 is 0. The maximum atomic E-state index is 12.1. The van der Waals surface area contributed by atoms with E-state index in [2.05, 4.69) is 13.8 Å². The van der Waals surface area contributed by atoms with Gasteiger partial charge in [-0.15, -0.1) is 0 Å². The Kier molecular flexibility index (Phi) is 34.0. The Labute approximate surface area is 276 Å². The average Bonchev–Trinajstić information content (AvgIpc) is 3.00. The van der Waals surface area contributed by atoms with Gasteiger partial charge in [0.2, 0.25) is 11.8 Å². The lowest BCUT2D eigenvalue weighted by Gasteiger charge is -2.17. The van der Waals surface area contributed by atoms with Gasteiger partial charge < -0.3 is 11.5 Å². The van der Waals surface area contributed by atoms with Crippen LogP contribution in [0, 0.1) is 11.8 Å². The molecule has 2 atom stereocenters. The monoisotopic (exact) mass is 621 g/mol. The van der Waals surface area contributed by atoms with Crippen LogP contribution in [0.1, 0.15) is 232 Å². The van der Waals surface area contributed by atoms with Gasteiger partial charge in [0, 0.05) is 11.8 Å². The standard InChI is InChI=1S/C40H80N2O2/c1-3-5-7-9-11-13-15-17-19-21-23-25-27-29-31-33-37(39(41)43)35-36-38(40(42)44)34-32-30-28-26-24-22-20-18-16-14-12-10-8-6-4-2/h37-38H,3-36H2,1-2H3,(H2,41,43)(H2,42,44). The predicted molar refractivity (Wildman–Crippen MR) is 194 cm³/mol. The Balaban J connectivity index is 3.73. The lowest BCUT2D eigenvalue weighted by Crippen LogP contribution is -2.27. The van der Waals surface area contributed by atoms with E-state index in [4.69, 9.17) is 11.5 Å². The molecule has 0 aliphatic rings. The topological polar surface area (TPSA) is 86.2 Å². The lowest BCUT2D eigenvalue weighted by molar-refractivity contribution is -0.124. The van der Waals surface area contributed by atoms with E-state index in [0.717, 1.165) is 25.7 Å². The van der Waals surface area contributed by atoms with Crippen molar-refractivity contribution in [1.29, 1.82) is 0 Å². The van der Waals surface area contributed by atoms with Crippen molar-refractivity contribution < 1.29 is 9.59 Å². The van der Waals surface area contributed by atoms with Gasteiger partial charge in [-0.25, -0.2) is 0 Å². The minimum absolute atomic E-state index is 0.111. The third kappa shape index (κ3) is 30.9. The van der Waals surface area contributed by atoms with Crippen LogP contribution in [0.4, 0.5) is 0 Å². The van der Waals surface area contributed by atoms with Crippen LogP contribution in [-0.2, 0) is 9.59 Å². The van der Waals surface area contributed by atoms with Gasteiger partial charge >= 0.3 is 0 Å². The summed E-state index contributed by atoms with van der Waals surface area (Å²) in [7, 11) is 0. The van der Waals surface area contributed by atoms with Crippen molar-refractivity contribution in [1.82, 2.24) is 0 Å². The second-order valence-electron chi connectivity index (χ2n) is 14.3. The Hall–Kier alpha value is -1.06. The highest BCUT2D eigenvalue weighted by Gasteiger charge is 2.20. The van der Waals surface area contributed by atoms with Gasteiger partial charge in [-0.05, 0) is 25.7 Å². The first-order chi connectivity index (χ1) is 21.5. The molecule has 0 rings (SSSR count). The van der Waals surface area contributed by atoms with Gasteiger partial charge in [0.1, 0.15) is 0 Å². The molecule has 0 aliphatic carbocycles. The lowest BCUT2D eigenvalue weighted by atomic mass is 9.88. The molecule has 2 unspecified atom stereocenters. The summed E-state index contributed by atoms with van der Waals surface area (Å²) in [4.78, 5) is 24.1. The molecule has 0 fully saturated rings. The van der Waals surface area contributed by atoms with Crippen LogP contribution in [0.15, 0.2) is 0 Å². The number of amides is 2. The molecule has 0 aromatic heterocycles. The summed E-state index contributed by atoms with van der Waals surface area (Å²) in [6.07, 6.45) is 43.4. The van der Waals surface area contributed by atoms with Crippen LogP contribution < -0.4 is 11.5 Å². The van der Waals surface area contributed by atoms with Crippen molar-refractivity contribution in [3.05, 3.63) is 0 Å². The van der Waals surface area contributed by atoms with Crippen LogP contribution in [-0.4, -0.2) is 11.8 Å². The summed E-state index contributed by atoms with van der Waals surface area (Å²) in [6.45, 7) is 4.56. The molecular formula is C40H80N2O2. The highest BCUT2D eigenvalue weighted by molar-refractivity contribution is 5.78. The van der Waals surface area contributed by atoms with Gasteiger partial charge in [-0.3, -0.25) is 9.59 Å². The smallest absolute Gasteiger partial charge is 0.220 e. The van der Waals surface area contributed by atoms with E-state index in [1.54, 1.807) is 0 Å². The van der Waals surface area contributed by atoms with Crippen molar-refractivity contribution in [2.24, 2.45) is 23.3 Å². The average molecular weight is 621 g/mol. The largest absolute Gasteiger partial charge is 0.369 e. The molecule has 0 aliphatic heterocycles. The van der Waals surface area contributed by atoms with Crippen molar-refractivity contribution in [3.8, 4) is 0 Å². The normalized spacial score (nSPS) is 12.9. The molecule has 0 aromatic carbocycles. The van der Waals surface area contributed by atoms with Gasteiger partial charge in [-0.2, -0.15) is 0 Å². The fourth-order valence-corrected chi connectivity index (χ4v) is 6.78. The second-order valence-corrected chi connectivity index (χ2v) is 14.3. The number of hydrogen-bond donors (Lipinski definition) is 2. The number of hydrogen-bond acceptors (Lipinski definition) is 2. The Morgan fingerprint density at radius 2 is 0.500 bits per heavy atom.